The molecule has 2 N–H and O–H groups in total. The zero-order valence-electron chi connectivity index (χ0n) is 11.0. The van der Waals surface area contributed by atoms with Crippen molar-refractivity contribution in [2.24, 2.45) is 5.73 Å². The van der Waals surface area contributed by atoms with Gasteiger partial charge >= 0.3 is 0 Å². The summed E-state index contributed by atoms with van der Waals surface area (Å²) in [6, 6.07) is 5.22. The molecule has 1 aromatic carbocycles. The second-order valence-corrected chi connectivity index (χ2v) is 4.41. The highest BCUT2D eigenvalue weighted by molar-refractivity contribution is 5.27. The monoisotopic (exact) mass is 238 g/mol. The van der Waals surface area contributed by atoms with Crippen LogP contribution in [-0.2, 0) is 0 Å². The Bertz CT molecular complexity index is 352. The van der Waals surface area contributed by atoms with Crippen molar-refractivity contribution in [3.8, 4) is 0 Å². The van der Waals surface area contributed by atoms with Crippen molar-refractivity contribution in [3.63, 3.8) is 0 Å². The first-order chi connectivity index (χ1) is 8.13. The molecule has 1 rings (SSSR count). The number of hydrogen-bond donors (Lipinski definition) is 1. The zero-order valence-corrected chi connectivity index (χ0v) is 11.0. The van der Waals surface area contributed by atoms with Gasteiger partial charge in [-0.1, -0.05) is 31.5 Å². The molecule has 0 aliphatic heterocycles. The van der Waals surface area contributed by atoms with Crippen molar-refractivity contribution in [2.75, 3.05) is 19.6 Å². The van der Waals surface area contributed by atoms with E-state index in [2.05, 4.69) is 18.7 Å². The Kier molecular flexibility index (Phi) is 5.59. The summed E-state index contributed by atoms with van der Waals surface area (Å²) >= 11 is 0. The van der Waals surface area contributed by atoms with Gasteiger partial charge in [-0.3, -0.25) is 4.90 Å². The maximum atomic E-state index is 13.9. The van der Waals surface area contributed by atoms with E-state index in [1.54, 1.807) is 6.07 Å². The lowest BCUT2D eigenvalue weighted by Crippen LogP contribution is -2.34. The fraction of sp³-hybridized carbons (Fsp3) is 0.571. The van der Waals surface area contributed by atoms with Gasteiger partial charge in [0.05, 0.1) is 0 Å². The van der Waals surface area contributed by atoms with E-state index in [9.17, 15) is 4.39 Å². The minimum atomic E-state index is -0.152. The average molecular weight is 238 g/mol. The predicted molar refractivity (Wildman–Crippen MR) is 70.5 cm³/mol. The normalized spacial score (nSPS) is 13.1. The molecule has 0 aliphatic carbocycles. The number of hydrogen-bond acceptors (Lipinski definition) is 2. The molecule has 0 spiro atoms. The summed E-state index contributed by atoms with van der Waals surface area (Å²) in [7, 11) is 0. The van der Waals surface area contributed by atoms with Gasteiger partial charge in [0.2, 0.25) is 0 Å². The molecule has 0 aromatic heterocycles. The van der Waals surface area contributed by atoms with Gasteiger partial charge in [-0.2, -0.15) is 0 Å². The quantitative estimate of drug-likeness (QED) is 0.825. The van der Waals surface area contributed by atoms with Crippen LogP contribution in [0.1, 0.15) is 37.4 Å². The Morgan fingerprint density at radius 1 is 1.35 bits per heavy atom. The van der Waals surface area contributed by atoms with Crippen LogP contribution in [0.3, 0.4) is 0 Å². The lowest BCUT2D eigenvalue weighted by Gasteiger charge is -2.30. The van der Waals surface area contributed by atoms with E-state index in [1.165, 1.54) is 6.07 Å². The van der Waals surface area contributed by atoms with Crippen molar-refractivity contribution in [3.05, 3.63) is 35.1 Å². The first-order valence-corrected chi connectivity index (χ1v) is 6.34. The number of rotatable bonds is 6. The number of halogens is 1. The van der Waals surface area contributed by atoms with Crippen LogP contribution >= 0.6 is 0 Å². The first-order valence-electron chi connectivity index (χ1n) is 6.34. The number of benzene rings is 1. The van der Waals surface area contributed by atoms with E-state index in [1.807, 2.05) is 13.0 Å². The summed E-state index contributed by atoms with van der Waals surface area (Å²) < 4.78 is 13.9. The average Bonchev–Trinajstić information content (AvgIpc) is 2.33. The molecule has 1 aromatic rings. The van der Waals surface area contributed by atoms with Crippen LogP contribution in [0.4, 0.5) is 4.39 Å². The second-order valence-electron chi connectivity index (χ2n) is 4.41. The van der Waals surface area contributed by atoms with Crippen molar-refractivity contribution in [1.29, 1.82) is 0 Å². The third kappa shape index (κ3) is 3.51. The van der Waals surface area contributed by atoms with Gasteiger partial charge in [0.25, 0.3) is 0 Å². The molecule has 0 radical (unpaired) electrons. The molecule has 3 heteroatoms. The molecule has 1 atom stereocenters. The van der Waals surface area contributed by atoms with Crippen LogP contribution in [0.25, 0.3) is 0 Å². The van der Waals surface area contributed by atoms with Crippen molar-refractivity contribution in [1.82, 2.24) is 4.90 Å². The number of nitrogens with two attached hydrogens (primary N) is 1. The van der Waals surface area contributed by atoms with Gasteiger partial charge in [-0.05, 0) is 32.5 Å². The summed E-state index contributed by atoms with van der Waals surface area (Å²) in [4.78, 5) is 2.23. The van der Waals surface area contributed by atoms with Crippen LogP contribution in [0, 0.1) is 12.7 Å². The molecular formula is C14H23FN2. The molecule has 0 aliphatic rings. The maximum Gasteiger partial charge on any atom is 0.128 e. The van der Waals surface area contributed by atoms with Crippen LogP contribution in [0.2, 0.25) is 0 Å². The molecule has 1 unspecified atom stereocenters. The molecular weight excluding hydrogens is 215 g/mol. The fourth-order valence-corrected chi connectivity index (χ4v) is 2.21. The molecule has 0 heterocycles. The highest BCUT2D eigenvalue weighted by Gasteiger charge is 2.20. The van der Waals surface area contributed by atoms with Gasteiger partial charge in [0.15, 0.2) is 0 Å². The summed E-state index contributed by atoms with van der Waals surface area (Å²) in [5, 5.41) is 0. The van der Waals surface area contributed by atoms with E-state index in [-0.39, 0.29) is 11.9 Å². The Morgan fingerprint density at radius 2 is 2.06 bits per heavy atom. The van der Waals surface area contributed by atoms with Gasteiger partial charge < -0.3 is 5.73 Å². The van der Waals surface area contributed by atoms with Crippen LogP contribution < -0.4 is 5.73 Å². The fourth-order valence-electron chi connectivity index (χ4n) is 2.21. The van der Waals surface area contributed by atoms with Gasteiger partial charge in [0.1, 0.15) is 5.82 Å². The predicted octanol–water partition coefficient (Wildman–Crippen LogP) is 2.87. The number of nitrogens with zero attached hydrogens (tertiary/aromatic N) is 1. The molecule has 17 heavy (non-hydrogen) atoms. The Hall–Kier alpha value is -0.930. The highest BCUT2D eigenvalue weighted by Crippen LogP contribution is 2.23. The Morgan fingerprint density at radius 3 is 2.59 bits per heavy atom. The van der Waals surface area contributed by atoms with Gasteiger partial charge in [0, 0.05) is 18.2 Å². The first kappa shape index (κ1) is 14.1. The smallest absolute Gasteiger partial charge is 0.128 e. The van der Waals surface area contributed by atoms with E-state index >= 15 is 0 Å². The third-order valence-electron chi connectivity index (χ3n) is 3.09. The minimum absolute atomic E-state index is 0.0140. The molecule has 0 saturated carbocycles. The van der Waals surface area contributed by atoms with Gasteiger partial charge in [-0.15, -0.1) is 0 Å². The van der Waals surface area contributed by atoms with E-state index in [0.717, 1.165) is 30.6 Å². The molecule has 2 nitrogen and oxygen atoms in total. The lowest BCUT2D eigenvalue weighted by atomic mass is 10.0. The summed E-state index contributed by atoms with van der Waals surface area (Å²) in [5.74, 6) is -0.152. The Balaban J connectivity index is 3.02. The largest absolute Gasteiger partial charge is 0.329 e. The van der Waals surface area contributed by atoms with Crippen molar-refractivity contribution >= 4 is 0 Å². The van der Waals surface area contributed by atoms with Crippen LogP contribution in [0.15, 0.2) is 18.2 Å². The Labute approximate surface area is 104 Å². The second kappa shape index (κ2) is 6.72. The van der Waals surface area contributed by atoms with E-state index in [0.29, 0.717) is 6.54 Å². The van der Waals surface area contributed by atoms with Crippen molar-refractivity contribution in [2.45, 2.75) is 33.2 Å². The molecule has 0 saturated heterocycles. The number of likely N-dealkylation sites (N-methyl/N-ethyl adjacent to an activating group) is 1. The standard InChI is InChI=1S/C14H23FN2/c1-4-8-17(5-2)14(10-16)12-9-11(3)6-7-13(12)15/h6-7,9,14H,4-5,8,10,16H2,1-3H3. The SMILES string of the molecule is CCCN(CC)C(CN)c1cc(C)ccc1F. The van der Waals surface area contributed by atoms with Crippen LogP contribution in [0.5, 0.6) is 0 Å². The lowest BCUT2D eigenvalue weighted by molar-refractivity contribution is 0.208. The number of aryl methyl sites for hydroxylation is 1. The summed E-state index contributed by atoms with van der Waals surface area (Å²) in [5.41, 5.74) is 7.62. The molecule has 0 bridgehead atoms. The zero-order chi connectivity index (χ0) is 12.8. The third-order valence-corrected chi connectivity index (χ3v) is 3.09. The summed E-state index contributed by atoms with van der Waals surface area (Å²) in [6.45, 7) is 8.49. The van der Waals surface area contributed by atoms with Gasteiger partial charge in [-0.25, -0.2) is 4.39 Å². The van der Waals surface area contributed by atoms with Crippen molar-refractivity contribution < 1.29 is 4.39 Å². The highest BCUT2D eigenvalue weighted by atomic mass is 19.1. The minimum Gasteiger partial charge on any atom is -0.329 e. The van der Waals surface area contributed by atoms with E-state index < -0.39 is 0 Å². The van der Waals surface area contributed by atoms with E-state index in [4.69, 9.17) is 5.73 Å². The summed E-state index contributed by atoms with van der Waals surface area (Å²) in [6.07, 6.45) is 1.05. The molecule has 0 amide bonds. The molecule has 96 valence electrons. The maximum absolute atomic E-state index is 13.9. The topological polar surface area (TPSA) is 29.3 Å². The van der Waals surface area contributed by atoms with Crippen LogP contribution in [-0.4, -0.2) is 24.5 Å². The molecule has 0 fully saturated rings.